The van der Waals surface area contributed by atoms with Crippen LogP contribution in [0.4, 0.5) is 11.4 Å². The minimum Gasteiger partial charge on any atom is -0.496 e. The minimum absolute atomic E-state index is 0.0924. The number of benzene rings is 2. The minimum atomic E-state index is -0.301. The number of methoxy groups -OCH3 is 1. The van der Waals surface area contributed by atoms with E-state index in [0.717, 1.165) is 5.56 Å². The van der Waals surface area contributed by atoms with Crippen LogP contribution in [0.3, 0.4) is 0 Å². The highest BCUT2D eigenvalue weighted by Crippen LogP contribution is 2.21. The number of anilines is 2. The topological polar surface area (TPSA) is 96.5 Å². The van der Waals surface area contributed by atoms with Crippen molar-refractivity contribution in [3.05, 3.63) is 53.6 Å². The number of carbonyl (C=O) groups is 3. The van der Waals surface area contributed by atoms with Crippen molar-refractivity contribution in [2.24, 2.45) is 5.92 Å². The molecule has 0 aliphatic carbocycles. The number of ether oxygens (including phenoxy) is 1. The first kappa shape index (κ1) is 21.9. The normalized spacial score (nSPS) is 10.4. The predicted molar refractivity (Wildman–Crippen MR) is 113 cm³/mol. The van der Waals surface area contributed by atoms with Crippen LogP contribution in [0.5, 0.6) is 5.75 Å². The number of amides is 3. The highest BCUT2D eigenvalue weighted by Gasteiger charge is 2.13. The molecular formula is C22H27N3O4. The number of aryl methyl sites for hydroxylation is 1. The van der Waals surface area contributed by atoms with E-state index >= 15 is 0 Å². The second-order valence-electron chi connectivity index (χ2n) is 6.93. The van der Waals surface area contributed by atoms with E-state index in [9.17, 15) is 14.4 Å². The van der Waals surface area contributed by atoms with Crippen LogP contribution in [0.25, 0.3) is 0 Å². The summed E-state index contributed by atoms with van der Waals surface area (Å²) in [5.74, 6) is -0.290. The lowest BCUT2D eigenvalue weighted by Gasteiger charge is -2.13. The van der Waals surface area contributed by atoms with Gasteiger partial charge in [0, 0.05) is 30.3 Å². The van der Waals surface area contributed by atoms with Crippen molar-refractivity contribution in [1.29, 1.82) is 0 Å². The Labute approximate surface area is 170 Å². The van der Waals surface area contributed by atoms with Crippen LogP contribution in [0.1, 0.15) is 36.2 Å². The van der Waals surface area contributed by atoms with Gasteiger partial charge in [-0.15, -0.1) is 0 Å². The molecule has 29 heavy (non-hydrogen) atoms. The van der Waals surface area contributed by atoms with Gasteiger partial charge in [0.2, 0.25) is 11.8 Å². The maximum atomic E-state index is 12.3. The van der Waals surface area contributed by atoms with Gasteiger partial charge >= 0.3 is 0 Å². The second-order valence-corrected chi connectivity index (χ2v) is 6.93. The summed E-state index contributed by atoms with van der Waals surface area (Å²) >= 11 is 0. The van der Waals surface area contributed by atoms with E-state index in [1.807, 2.05) is 26.8 Å². The third-order valence-electron chi connectivity index (χ3n) is 4.29. The summed E-state index contributed by atoms with van der Waals surface area (Å²) < 4.78 is 5.17. The van der Waals surface area contributed by atoms with E-state index in [2.05, 4.69) is 16.0 Å². The lowest BCUT2D eigenvalue weighted by atomic mass is 10.1. The van der Waals surface area contributed by atoms with Crippen LogP contribution < -0.4 is 20.7 Å². The summed E-state index contributed by atoms with van der Waals surface area (Å²) in [5, 5.41) is 8.35. The van der Waals surface area contributed by atoms with Crippen LogP contribution in [-0.4, -0.2) is 31.4 Å². The first-order valence-electron chi connectivity index (χ1n) is 9.44. The van der Waals surface area contributed by atoms with Crippen LogP contribution in [0.15, 0.2) is 42.5 Å². The van der Waals surface area contributed by atoms with Crippen molar-refractivity contribution >= 4 is 29.1 Å². The van der Waals surface area contributed by atoms with Gasteiger partial charge in [-0.2, -0.15) is 0 Å². The first-order valence-corrected chi connectivity index (χ1v) is 9.44. The van der Waals surface area contributed by atoms with Gasteiger partial charge in [-0.1, -0.05) is 32.0 Å². The summed E-state index contributed by atoms with van der Waals surface area (Å²) in [6.45, 7) is 5.68. The molecule has 0 atom stereocenters. The average molecular weight is 397 g/mol. The summed E-state index contributed by atoms with van der Waals surface area (Å²) in [7, 11) is 1.50. The molecule has 0 aliphatic rings. The number of hydrogen-bond acceptors (Lipinski definition) is 4. The molecule has 0 heterocycles. The molecular weight excluding hydrogens is 370 g/mol. The van der Waals surface area contributed by atoms with E-state index in [1.165, 1.54) is 7.11 Å². The molecule has 0 saturated carbocycles. The van der Waals surface area contributed by atoms with Crippen molar-refractivity contribution in [1.82, 2.24) is 5.32 Å². The third kappa shape index (κ3) is 6.34. The standard InChI is InChI=1S/C22H27N3O4/c1-14(2)21(27)24-16-10-9-15(3)18(13-16)25-20(26)11-12-23-22(28)17-7-5-6-8-19(17)29-4/h5-10,13-14H,11-12H2,1-4H3,(H,23,28)(H,24,27)(H,25,26). The van der Waals surface area contributed by atoms with Gasteiger partial charge < -0.3 is 20.7 Å². The van der Waals surface area contributed by atoms with E-state index in [4.69, 9.17) is 4.74 Å². The molecule has 7 nitrogen and oxygen atoms in total. The summed E-state index contributed by atoms with van der Waals surface area (Å²) in [5.41, 5.74) is 2.53. The third-order valence-corrected chi connectivity index (χ3v) is 4.29. The second kappa shape index (κ2) is 10.3. The summed E-state index contributed by atoms with van der Waals surface area (Å²) in [6, 6.07) is 12.2. The fourth-order valence-electron chi connectivity index (χ4n) is 2.55. The molecule has 0 saturated heterocycles. The predicted octanol–water partition coefficient (Wildman–Crippen LogP) is 3.36. The van der Waals surface area contributed by atoms with Gasteiger partial charge in [-0.05, 0) is 36.8 Å². The zero-order valence-electron chi connectivity index (χ0n) is 17.2. The fraction of sp³-hybridized carbons (Fsp3) is 0.318. The molecule has 7 heteroatoms. The first-order chi connectivity index (χ1) is 13.8. The Hall–Kier alpha value is -3.35. The van der Waals surface area contributed by atoms with Gasteiger partial charge in [0.1, 0.15) is 5.75 Å². The summed E-state index contributed by atoms with van der Waals surface area (Å²) in [4.78, 5) is 36.4. The molecule has 0 radical (unpaired) electrons. The van der Waals surface area contributed by atoms with Gasteiger partial charge in [-0.3, -0.25) is 14.4 Å². The number of rotatable bonds is 8. The van der Waals surface area contributed by atoms with Gasteiger partial charge in [-0.25, -0.2) is 0 Å². The zero-order valence-corrected chi connectivity index (χ0v) is 17.2. The highest BCUT2D eigenvalue weighted by atomic mass is 16.5. The maximum Gasteiger partial charge on any atom is 0.255 e. The molecule has 154 valence electrons. The van der Waals surface area contributed by atoms with E-state index in [-0.39, 0.29) is 36.6 Å². The average Bonchev–Trinajstić information content (AvgIpc) is 2.70. The molecule has 0 fully saturated rings. The fourth-order valence-corrected chi connectivity index (χ4v) is 2.55. The van der Waals surface area contributed by atoms with Crippen molar-refractivity contribution < 1.29 is 19.1 Å². The Morgan fingerprint density at radius 1 is 1.03 bits per heavy atom. The van der Waals surface area contributed by atoms with Crippen LogP contribution >= 0.6 is 0 Å². The Kier molecular flexibility index (Phi) is 7.77. The molecule has 2 aromatic rings. The van der Waals surface area contributed by atoms with E-state index < -0.39 is 0 Å². The quantitative estimate of drug-likeness (QED) is 0.636. The number of hydrogen-bond donors (Lipinski definition) is 3. The van der Waals surface area contributed by atoms with Crippen LogP contribution in [0, 0.1) is 12.8 Å². The lowest BCUT2D eigenvalue weighted by molar-refractivity contribution is -0.119. The summed E-state index contributed by atoms with van der Waals surface area (Å²) in [6.07, 6.45) is 0.114. The lowest BCUT2D eigenvalue weighted by Crippen LogP contribution is -2.28. The number of nitrogens with one attached hydrogen (secondary N) is 3. The largest absolute Gasteiger partial charge is 0.496 e. The maximum absolute atomic E-state index is 12.3. The SMILES string of the molecule is COc1ccccc1C(=O)NCCC(=O)Nc1cc(NC(=O)C(C)C)ccc1C. The molecule has 0 aliphatic heterocycles. The molecule has 2 aromatic carbocycles. The Bertz CT molecular complexity index is 893. The Balaban J connectivity index is 1.90. The molecule has 0 bridgehead atoms. The number of para-hydroxylation sites is 1. The van der Waals surface area contributed by atoms with Crippen LogP contribution in [-0.2, 0) is 9.59 Å². The molecule has 3 amide bonds. The molecule has 3 N–H and O–H groups in total. The monoisotopic (exact) mass is 397 g/mol. The molecule has 2 rings (SSSR count). The van der Waals surface area contributed by atoms with Gasteiger partial charge in [0.25, 0.3) is 5.91 Å². The van der Waals surface area contributed by atoms with Gasteiger partial charge in [0.05, 0.1) is 12.7 Å². The Morgan fingerprint density at radius 3 is 2.45 bits per heavy atom. The molecule has 0 aromatic heterocycles. The number of carbonyl (C=O) groups excluding carboxylic acids is 3. The van der Waals surface area contributed by atoms with Crippen molar-refractivity contribution in [2.75, 3.05) is 24.3 Å². The van der Waals surface area contributed by atoms with Gasteiger partial charge in [0.15, 0.2) is 0 Å². The van der Waals surface area contributed by atoms with Crippen molar-refractivity contribution in [2.45, 2.75) is 27.2 Å². The van der Waals surface area contributed by atoms with E-state index in [1.54, 1.807) is 36.4 Å². The highest BCUT2D eigenvalue weighted by molar-refractivity contribution is 5.98. The van der Waals surface area contributed by atoms with Crippen molar-refractivity contribution in [3.63, 3.8) is 0 Å². The zero-order chi connectivity index (χ0) is 21.4. The Morgan fingerprint density at radius 2 is 1.76 bits per heavy atom. The van der Waals surface area contributed by atoms with Crippen molar-refractivity contribution in [3.8, 4) is 5.75 Å². The smallest absolute Gasteiger partial charge is 0.255 e. The molecule has 0 spiro atoms. The van der Waals surface area contributed by atoms with Crippen LogP contribution in [0.2, 0.25) is 0 Å². The van der Waals surface area contributed by atoms with E-state index in [0.29, 0.717) is 22.7 Å². The molecule has 0 unspecified atom stereocenters.